The first-order valence-electron chi connectivity index (χ1n) is 6.82. The molecule has 0 saturated heterocycles. The molecule has 7 heteroatoms. The molecular formula is C16H13F3N2OS. The Kier molecular flexibility index (Phi) is 3.83. The number of fused-ring (bicyclic) bond motifs is 1. The molecule has 0 bridgehead atoms. The molecule has 0 aliphatic carbocycles. The zero-order chi connectivity index (χ0) is 16.7. The maximum Gasteiger partial charge on any atom is 0.446 e. The van der Waals surface area contributed by atoms with Gasteiger partial charge in [0.2, 0.25) is 0 Å². The van der Waals surface area contributed by atoms with Crippen molar-refractivity contribution in [1.82, 2.24) is 9.97 Å². The molecule has 0 atom stereocenters. The SMILES string of the molecule is CC1(C)C=C(c2cnccn2)c2cc(SC(F)(F)F)ccc2O1. The van der Waals surface area contributed by atoms with Crippen molar-refractivity contribution in [3.8, 4) is 5.75 Å². The van der Waals surface area contributed by atoms with E-state index < -0.39 is 11.1 Å². The molecule has 0 unspecified atom stereocenters. The smallest absolute Gasteiger partial charge is 0.446 e. The van der Waals surface area contributed by atoms with Gasteiger partial charge in [0.15, 0.2) is 0 Å². The van der Waals surface area contributed by atoms with Crippen LogP contribution in [-0.4, -0.2) is 21.1 Å². The minimum Gasteiger partial charge on any atom is -0.483 e. The van der Waals surface area contributed by atoms with Gasteiger partial charge in [-0.05, 0) is 49.9 Å². The van der Waals surface area contributed by atoms with Crippen molar-refractivity contribution in [3.63, 3.8) is 0 Å². The summed E-state index contributed by atoms with van der Waals surface area (Å²) in [6, 6.07) is 4.45. The molecule has 3 nitrogen and oxygen atoms in total. The normalized spacial score (nSPS) is 16.3. The molecule has 23 heavy (non-hydrogen) atoms. The average Bonchev–Trinajstić information content (AvgIpc) is 2.45. The van der Waals surface area contributed by atoms with Gasteiger partial charge in [0.05, 0.1) is 11.9 Å². The quantitative estimate of drug-likeness (QED) is 0.744. The van der Waals surface area contributed by atoms with Gasteiger partial charge in [0.1, 0.15) is 11.4 Å². The molecule has 1 aliphatic rings. The highest BCUT2D eigenvalue weighted by Gasteiger charge is 2.32. The first-order chi connectivity index (χ1) is 10.7. The highest BCUT2D eigenvalue weighted by molar-refractivity contribution is 8.00. The van der Waals surface area contributed by atoms with Crippen LogP contribution in [-0.2, 0) is 0 Å². The third-order valence-electron chi connectivity index (χ3n) is 3.18. The predicted molar refractivity (Wildman–Crippen MR) is 82.2 cm³/mol. The lowest BCUT2D eigenvalue weighted by molar-refractivity contribution is -0.0328. The third kappa shape index (κ3) is 3.67. The van der Waals surface area contributed by atoms with Gasteiger partial charge in [-0.3, -0.25) is 9.97 Å². The fraction of sp³-hybridized carbons (Fsp3) is 0.250. The van der Waals surface area contributed by atoms with E-state index in [2.05, 4.69) is 9.97 Å². The van der Waals surface area contributed by atoms with Crippen molar-refractivity contribution in [2.24, 2.45) is 0 Å². The van der Waals surface area contributed by atoms with Crippen molar-refractivity contribution in [1.29, 1.82) is 0 Å². The van der Waals surface area contributed by atoms with Crippen LogP contribution in [0.1, 0.15) is 25.1 Å². The number of hydrogen-bond acceptors (Lipinski definition) is 4. The van der Waals surface area contributed by atoms with Gasteiger partial charge >= 0.3 is 5.51 Å². The number of halogens is 3. The Labute approximate surface area is 135 Å². The van der Waals surface area contributed by atoms with Gasteiger partial charge in [-0.15, -0.1) is 0 Å². The molecule has 0 spiro atoms. The first kappa shape index (κ1) is 15.9. The summed E-state index contributed by atoms with van der Waals surface area (Å²) >= 11 is -0.148. The van der Waals surface area contributed by atoms with E-state index in [1.54, 1.807) is 24.7 Å². The summed E-state index contributed by atoms with van der Waals surface area (Å²) in [6.45, 7) is 3.76. The van der Waals surface area contributed by atoms with Crippen LogP contribution in [0.15, 0.2) is 47.8 Å². The Morgan fingerprint density at radius 1 is 1.17 bits per heavy atom. The largest absolute Gasteiger partial charge is 0.483 e. The molecule has 1 aromatic carbocycles. The lowest BCUT2D eigenvalue weighted by Crippen LogP contribution is -2.29. The van der Waals surface area contributed by atoms with E-state index in [1.165, 1.54) is 12.1 Å². The van der Waals surface area contributed by atoms with E-state index in [0.717, 1.165) is 0 Å². The van der Waals surface area contributed by atoms with Gasteiger partial charge < -0.3 is 4.74 Å². The van der Waals surface area contributed by atoms with Crippen LogP contribution >= 0.6 is 11.8 Å². The van der Waals surface area contributed by atoms with E-state index in [4.69, 9.17) is 4.74 Å². The van der Waals surface area contributed by atoms with Gasteiger partial charge in [-0.1, -0.05) is 0 Å². The summed E-state index contributed by atoms with van der Waals surface area (Å²) in [5.41, 5.74) is -3.02. The number of nitrogens with zero attached hydrogens (tertiary/aromatic N) is 2. The molecule has 0 radical (unpaired) electrons. The molecule has 1 aliphatic heterocycles. The zero-order valence-corrected chi connectivity index (χ0v) is 13.2. The van der Waals surface area contributed by atoms with Crippen LogP contribution in [0.4, 0.5) is 13.2 Å². The Morgan fingerprint density at radius 3 is 2.61 bits per heavy atom. The van der Waals surface area contributed by atoms with Gasteiger partial charge in [-0.25, -0.2) is 0 Å². The molecular weight excluding hydrogens is 325 g/mol. The van der Waals surface area contributed by atoms with Crippen molar-refractivity contribution < 1.29 is 17.9 Å². The van der Waals surface area contributed by atoms with Crippen molar-refractivity contribution >= 4 is 17.3 Å². The Balaban J connectivity index is 2.10. The van der Waals surface area contributed by atoms with Crippen LogP contribution in [0.2, 0.25) is 0 Å². The fourth-order valence-electron chi connectivity index (χ4n) is 2.39. The maximum atomic E-state index is 12.6. The lowest BCUT2D eigenvalue weighted by atomic mass is 9.93. The molecule has 2 aromatic rings. The molecule has 1 aromatic heterocycles. The zero-order valence-electron chi connectivity index (χ0n) is 12.4. The van der Waals surface area contributed by atoms with E-state index in [-0.39, 0.29) is 16.7 Å². The summed E-state index contributed by atoms with van der Waals surface area (Å²) < 4.78 is 43.7. The minimum absolute atomic E-state index is 0.106. The summed E-state index contributed by atoms with van der Waals surface area (Å²) in [6.07, 6.45) is 6.53. The number of aromatic nitrogens is 2. The molecule has 0 saturated carbocycles. The molecule has 120 valence electrons. The predicted octanol–water partition coefficient (Wildman–Crippen LogP) is 4.69. The van der Waals surface area contributed by atoms with E-state index in [9.17, 15) is 13.2 Å². The highest BCUT2D eigenvalue weighted by atomic mass is 32.2. The number of alkyl halides is 3. The average molecular weight is 338 g/mol. The van der Waals surface area contributed by atoms with E-state index >= 15 is 0 Å². The van der Waals surface area contributed by atoms with Gasteiger partial charge in [0.25, 0.3) is 0 Å². The van der Waals surface area contributed by atoms with Crippen LogP contribution in [0.25, 0.3) is 5.57 Å². The van der Waals surface area contributed by atoms with Gasteiger partial charge in [0, 0.05) is 28.4 Å². The van der Waals surface area contributed by atoms with Crippen molar-refractivity contribution in [3.05, 3.63) is 54.1 Å². The number of thioether (sulfide) groups is 1. The summed E-state index contributed by atoms with van der Waals surface area (Å²) in [4.78, 5) is 8.39. The van der Waals surface area contributed by atoms with E-state index in [0.29, 0.717) is 22.6 Å². The van der Waals surface area contributed by atoms with Gasteiger partial charge in [-0.2, -0.15) is 13.2 Å². The van der Waals surface area contributed by atoms with Crippen LogP contribution < -0.4 is 4.74 Å². The Bertz CT molecular complexity index is 758. The molecule has 0 fully saturated rings. The standard InChI is InChI=1S/C16H13F3N2OS/c1-15(2)8-12(13-9-20-5-6-21-13)11-7-10(23-16(17,18)19)3-4-14(11)22-15/h3-9H,1-2H3. The molecule has 3 rings (SSSR count). The summed E-state index contributed by atoms with van der Waals surface area (Å²) in [5, 5.41) is 0. The van der Waals surface area contributed by atoms with Crippen LogP contribution in [0, 0.1) is 0 Å². The first-order valence-corrected chi connectivity index (χ1v) is 7.64. The Morgan fingerprint density at radius 2 is 1.96 bits per heavy atom. The van der Waals surface area contributed by atoms with Crippen LogP contribution in [0.5, 0.6) is 5.75 Å². The topological polar surface area (TPSA) is 35.0 Å². The van der Waals surface area contributed by atoms with Crippen molar-refractivity contribution in [2.75, 3.05) is 0 Å². The van der Waals surface area contributed by atoms with Crippen molar-refractivity contribution in [2.45, 2.75) is 29.9 Å². The fourth-order valence-corrected chi connectivity index (χ4v) is 2.97. The number of rotatable bonds is 2. The maximum absolute atomic E-state index is 12.6. The van der Waals surface area contributed by atoms with E-state index in [1.807, 2.05) is 19.9 Å². The molecule has 2 heterocycles. The summed E-state index contributed by atoms with van der Waals surface area (Å²) in [7, 11) is 0. The van der Waals surface area contributed by atoms with Crippen LogP contribution in [0.3, 0.4) is 0 Å². The molecule has 0 N–H and O–H groups in total. The number of hydrogen-bond donors (Lipinski definition) is 0. The molecule has 0 amide bonds. The Hall–Kier alpha value is -2.02. The number of benzene rings is 1. The highest BCUT2D eigenvalue weighted by Crippen LogP contribution is 2.43. The second-order valence-electron chi connectivity index (χ2n) is 5.56. The second kappa shape index (κ2) is 5.56. The number of ether oxygens (including phenoxy) is 1. The lowest BCUT2D eigenvalue weighted by Gasteiger charge is -2.31. The minimum atomic E-state index is -4.33. The second-order valence-corrected chi connectivity index (χ2v) is 6.70. The monoisotopic (exact) mass is 338 g/mol. The third-order valence-corrected chi connectivity index (χ3v) is 3.90. The summed E-state index contributed by atoms with van der Waals surface area (Å²) in [5.74, 6) is 0.532.